The highest BCUT2D eigenvalue weighted by atomic mass is 35.5. The van der Waals surface area contributed by atoms with Gasteiger partial charge in [0.1, 0.15) is 0 Å². The van der Waals surface area contributed by atoms with Gasteiger partial charge in [-0.05, 0) is 18.6 Å². The summed E-state index contributed by atoms with van der Waals surface area (Å²) in [5.41, 5.74) is 2.41. The van der Waals surface area contributed by atoms with E-state index in [1.165, 1.54) is 5.54 Å². The zero-order valence-electron chi connectivity index (χ0n) is 8.31. The second kappa shape index (κ2) is 6.39. The van der Waals surface area contributed by atoms with Gasteiger partial charge in [0.15, 0.2) is 0 Å². The van der Waals surface area contributed by atoms with Crippen molar-refractivity contribution in [2.75, 3.05) is 6.54 Å². The van der Waals surface area contributed by atoms with E-state index >= 15 is 0 Å². The molecule has 0 aliphatic rings. The number of rotatable bonds is 4. The minimum Gasteiger partial charge on any atom is -0.305 e. The summed E-state index contributed by atoms with van der Waals surface area (Å²) in [6, 6.07) is 7.86. The van der Waals surface area contributed by atoms with Crippen molar-refractivity contribution in [3.8, 4) is 0 Å². The lowest BCUT2D eigenvalue weighted by Crippen LogP contribution is -2.20. The Morgan fingerprint density at radius 1 is 1.47 bits per heavy atom. The Bertz CT molecular complexity index is 349. The molecule has 1 nitrogen and oxygen atoms in total. The van der Waals surface area contributed by atoms with E-state index in [1.807, 2.05) is 31.2 Å². The lowest BCUT2D eigenvalue weighted by atomic mass is 10.1. The summed E-state index contributed by atoms with van der Waals surface area (Å²) < 4.78 is 0. The van der Waals surface area contributed by atoms with Gasteiger partial charge in [-0.25, -0.2) is 0 Å². The zero-order chi connectivity index (χ0) is 11.3. The smallest absolute Gasteiger partial charge is 0.0453 e. The summed E-state index contributed by atoms with van der Waals surface area (Å²) in [7, 11) is 0. The monoisotopic (exact) mass is 263 g/mol. The highest BCUT2D eigenvalue weighted by molar-refractivity contribution is 6.36. The summed E-state index contributed by atoms with van der Waals surface area (Å²) in [4.78, 5) is 0. The first-order chi connectivity index (χ1) is 7.15. The second-order valence-corrected chi connectivity index (χ2v) is 4.29. The van der Waals surface area contributed by atoms with Crippen molar-refractivity contribution in [2.45, 2.75) is 13.0 Å². The fourth-order valence-corrected chi connectivity index (χ4v) is 1.68. The number of hydrogen-bond donors (Lipinski definition) is 1. The Hall–Kier alpha value is -0.210. The predicted molar refractivity (Wildman–Crippen MR) is 67.7 cm³/mol. The molecule has 0 radical (unpaired) electrons. The molecular formula is C11H12Cl3N. The molecule has 1 atom stereocenters. The van der Waals surface area contributed by atoms with Gasteiger partial charge < -0.3 is 5.32 Å². The van der Waals surface area contributed by atoms with Gasteiger partial charge in [0.2, 0.25) is 0 Å². The molecule has 0 aliphatic heterocycles. The van der Waals surface area contributed by atoms with E-state index in [2.05, 4.69) is 5.32 Å². The Morgan fingerprint density at radius 2 is 2.13 bits per heavy atom. The Morgan fingerprint density at radius 3 is 2.73 bits per heavy atom. The van der Waals surface area contributed by atoms with Gasteiger partial charge in [-0.3, -0.25) is 0 Å². The zero-order valence-corrected chi connectivity index (χ0v) is 10.6. The predicted octanol–water partition coefficient (Wildman–Crippen LogP) is 4.31. The van der Waals surface area contributed by atoms with Crippen molar-refractivity contribution < 1.29 is 0 Å². The molecule has 0 saturated carbocycles. The quantitative estimate of drug-likeness (QED) is 0.854. The van der Waals surface area contributed by atoms with E-state index in [0.717, 1.165) is 10.6 Å². The van der Waals surface area contributed by atoms with Crippen LogP contribution >= 0.6 is 34.8 Å². The summed E-state index contributed by atoms with van der Waals surface area (Å²) in [6.45, 7) is 2.57. The normalized spacial score (nSPS) is 14.0. The van der Waals surface area contributed by atoms with Gasteiger partial charge in [0, 0.05) is 28.2 Å². The van der Waals surface area contributed by atoms with E-state index < -0.39 is 0 Å². The molecule has 1 aromatic rings. The van der Waals surface area contributed by atoms with Crippen molar-refractivity contribution in [3.05, 3.63) is 45.4 Å². The van der Waals surface area contributed by atoms with Crippen LogP contribution in [0.5, 0.6) is 0 Å². The van der Waals surface area contributed by atoms with Crippen molar-refractivity contribution in [1.29, 1.82) is 0 Å². The average Bonchev–Trinajstić information content (AvgIpc) is 2.26. The molecular weight excluding hydrogens is 252 g/mol. The second-order valence-electron chi connectivity index (χ2n) is 3.18. The van der Waals surface area contributed by atoms with Crippen LogP contribution in [0.15, 0.2) is 34.8 Å². The van der Waals surface area contributed by atoms with Crippen LogP contribution in [0.1, 0.15) is 18.5 Å². The molecule has 82 valence electrons. The molecule has 15 heavy (non-hydrogen) atoms. The van der Waals surface area contributed by atoms with Crippen molar-refractivity contribution in [2.24, 2.45) is 0 Å². The third kappa shape index (κ3) is 4.04. The summed E-state index contributed by atoms with van der Waals surface area (Å²) in [5.74, 6) is 0. The lowest BCUT2D eigenvalue weighted by Gasteiger charge is -2.14. The van der Waals surface area contributed by atoms with Gasteiger partial charge in [-0.2, -0.15) is 0 Å². The standard InChI is InChI=1S/C11H12Cl3N/c1-8(15-7-9(13)6-12)10-4-2-3-5-11(10)14/h2-6,8,15H,7H2,1H3. The van der Waals surface area contributed by atoms with Crippen LogP contribution in [0.2, 0.25) is 5.02 Å². The lowest BCUT2D eigenvalue weighted by molar-refractivity contribution is 0.614. The molecule has 1 N–H and O–H groups in total. The van der Waals surface area contributed by atoms with Crippen LogP contribution < -0.4 is 5.32 Å². The van der Waals surface area contributed by atoms with E-state index in [4.69, 9.17) is 34.8 Å². The molecule has 0 fully saturated rings. The molecule has 4 heteroatoms. The fourth-order valence-electron chi connectivity index (χ4n) is 1.23. The molecule has 0 heterocycles. The molecule has 1 aromatic carbocycles. The topological polar surface area (TPSA) is 12.0 Å². The maximum absolute atomic E-state index is 6.05. The molecule has 0 saturated heterocycles. The maximum atomic E-state index is 6.05. The van der Waals surface area contributed by atoms with Crippen LogP contribution in [0, 0.1) is 0 Å². The summed E-state index contributed by atoms with van der Waals surface area (Å²) in [5, 5.41) is 4.55. The molecule has 1 rings (SSSR count). The Balaban J connectivity index is 2.61. The highest BCUT2D eigenvalue weighted by Crippen LogP contribution is 2.22. The van der Waals surface area contributed by atoms with Crippen molar-refractivity contribution in [1.82, 2.24) is 5.32 Å². The van der Waals surface area contributed by atoms with Gasteiger partial charge in [-0.1, -0.05) is 53.0 Å². The fraction of sp³-hybridized carbons (Fsp3) is 0.273. The summed E-state index contributed by atoms with van der Waals surface area (Å²) in [6.07, 6.45) is 0. The molecule has 0 spiro atoms. The van der Waals surface area contributed by atoms with E-state index in [-0.39, 0.29) is 6.04 Å². The van der Waals surface area contributed by atoms with E-state index in [1.54, 1.807) is 0 Å². The molecule has 0 aromatic heterocycles. The molecule has 0 bridgehead atoms. The third-order valence-corrected chi connectivity index (χ3v) is 3.03. The van der Waals surface area contributed by atoms with Crippen LogP contribution in [-0.4, -0.2) is 6.54 Å². The maximum Gasteiger partial charge on any atom is 0.0453 e. The minimum absolute atomic E-state index is 0.143. The van der Waals surface area contributed by atoms with Gasteiger partial charge in [0.25, 0.3) is 0 Å². The average molecular weight is 265 g/mol. The van der Waals surface area contributed by atoms with Gasteiger partial charge in [-0.15, -0.1) is 0 Å². The number of halogens is 3. The Labute approximate surface area is 105 Å². The van der Waals surface area contributed by atoms with Gasteiger partial charge >= 0.3 is 0 Å². The first-order valence-electron chi connectivity index (χ1n) is 4.57. The summed E-state index contributed by atoms with van der Waals surface area (Å²) >= 11 is 17.3. The van der Waals surface area contributed by atoms with Crippen LogP contribution in [0.3, 0.4) is 0 Å². The minimum atomic E-state index is 0.143. The first kappa shape index (κ1) is 12.9. The van der Waals surface area contributed by atoms with E-state index in [0.29, 0.717) is 11.6 Å². The first-order valence-corrected chi connectivity index (χ1v) is 5.77. The van der Waals surface area contributed by atoms with Crippen molar-refractivity contribution >= 4 is 34.8 Å². The SMILES string of the molecule is CC(NCC(Cl)=CCl)c1ccccc1Cl. The molecule has 0 amide bonds. The van der Waals surface area contributed by atoms with Crippen LogP contribution in [-0.2, 0) is 0 Å². The Kier molecular flexibility index (Phi) is 5.48. The highest BCUT2D eigenvalue weighted by Gasteiger charge is 2.08. The number of benzene rings is 1. The third-order valence-electron chi connectivity index (χ3n) is 2.07. The number of nitrogens with one attached hydrogen (secondary N) is 1. The van der Waals surface area contributed by atoms with E-state index in [9.17, 15) is 0 Å². The van der Waals surface area contributed by atoms with Crippen LogP contribution in [0.4, 0.5) is 0 Å². The molecule has 0 aliphatic carbocycles. The van der Waals surface area contributed by atoms with Crippen LogP contribution in [0.25, 0.3) is 0 Å². The van der Waals surface area contributed by atoms with Gasteiger partial charge in [0.05, 0.1) is 0 Å². The molecule has 1 unspecified atom stereocenters. The number of hydrogen-bond acceptors (Lipinski definition) is 1. The largest absolute Gasteiger partial charge is 0.305 e. The van der Waals surface area contributed by atoms with Crippen molar-refractivity contribution in [3.63, 3.8) is 0 Å².